The number of hydrogen-bond acceptors (Lipinski definition) is 2. The fourth-order valence-corrected chi connectivity index (χ4v) is 3.12. The molecule has 3 rings (SSSR count). The number of rotatable bonds is 2. The first-order chi connectivity index (χ1) is 9.94. The molecule has 0 fully saturated rings. The maximum Gasteiger partial charge on any atom is 0.227 e. The minimum Gasteiger partial charge on any atom is -0.435 e. The Morgan fingerprint density at radius 2 is 1.67 bits per heavy atom. The number of fused-ring (bicyclic) bond motifs is 1. The molecule has 0 unspecified atom stereocenters. The van der Waals surface area contributed by atoms with Gasteiger partial charge in [-0.05, 0) is 65.5 Å². The third kappa shape index (κ3) is 2.75. The Bertz CT molecular complexity index is 797. The molecule has 21 heavy (non-hydrogen) atoms. The van der Waals surface area contributed by atoms with Crippen LogP contribution in [0, 0.1) is 13.8 Å². The van der Waals surface area contributed by atoms with Crippen LogP contribution in [0.2, 0.25) is 0 Å². The molecule has 0 atom stereocenters. The summed E-state index contributed by atoms with van der Waals surface area (Å²) in [4.78, 5) is 4.67. The predicted molar refractivity (Wildman–Crippen MR) is 90.7 cm³/mol. The molecule has 0 bridgehead atoms. The standard InChI is InChI=1S/C18H18BrNO/c1-10(2)13-8-15(19)17-16(9-13)20-18(21-17)14-6-11(3)5-12(4)7-14/h5-10H,1-4H3. The van der Waals surface area contributed by atoms with E-state index >= 15 is 0 Å². The number of hydrogen-bond donors (Lipinski definition) is 0. The van der Waals surface area contributed by atoms with Crippen molar-refractivity contribution in [3.05, 3.63) is 51.5 Å². The maximum atomic E-state index is 5.97. The van der Waals surface area contributed by atoms with Gasteiger partial charge in [-0.15, -0.1) is 0 Å². The third-order valence-electron chi connectivity index (χ3n) is 3.60. The Hall–Kier alpha value is -1.61. The van der Waals surface area contributed by atoms with Gasteiger partial charge < -0.3 is 4.42 Å². The summed E-state index contributed by atoms with van der Waals surface area (Å²) in [6, 6.07) is 10.6. The van der Waals surface area contributed by atoms with E-state index in [0.717, 1.165) is 21.1 Å². The van der Waals surface area contributed by atoms with Crippen molar-refractivity contribution in [2.24, 2.45) is 0 Å². The van der Waals surface area contributed by atoms with Gasteiger partial charge in [0.15, 0.2) is 5.58 Å². The maximum absolute atomic E-state index is 5.97. The molecule has 3 heteroatoms. The Morgan fingerprint density at radius 3 is 2.29 bits per heavy atom. The fraction of sp³-hybridized carbons (Fsp3) is 0.278. The van der Waals surface area contributed by atoms with Crippen LogP contribution in [0.15, 0.2) is 39.2 Å². The first kappa shape index (κ1) is 14.3. The van der Waals surface area contributed by atoms with Crippen molar-refractivity contribution >= 4 is 27.0 Å². The van der Waals surface area contributed by atoms with E-state index in [1.54, 1.807) is 0 Å². The highest BCUT2D eigenvalue weighted by Crippen LogP contribution is 2.33. The predicted octanol–water partition coefficient (Wildman–Crippen LogP) is 6.00. The number of benzene rings is 2. The van der Waals surface area contributed by atoms with Crippen LogP contribution in [-0.2, 0) is 0 Å². The fourth-order valence-electron chi connectivity index (χ4n) is 2.57. The van der Waals surface area contributed by atoms with E-state index in [0.29, 0.717) is 11.8 Å². The van der Waals surface area contributed by atoms with Crippen molar-refractivity contribution in [3.8, 4) is 11.5 Å². The first-order valence-electron chi connectivity index (χ1n) is 7.12. The molecule has 0 aliphatic heterocycles. The lowest BCUT2D eigenvalue weighted by Crippen LogP contribution is -1.87. The first-order valence-corrected chi connectivity index (χ1v) is 7.92. The molecule has 2 aromatic carbocycles. The summed E-state index contributed by atoms with van der Waals surface area (Å²) in [6.07, 6.45) is 0. The van der Waals surface area contributed by atoms with E-state index in [1.807, 2.05) is 0 Å². The zero-order valence-corrected chi connectivity index (χ0v) is 14.3. The van der Waals surface area contributed by atoms with Gasteiger partial charge in [-0.2, -0.15) is 0 Å². The molecular weight excluding hydrogens is 326 g/mol. The summed E-state index contributed by atoms with van der Waals surface area (Å²) in [6.45, 7) is 8.54. The number of aromatic nitrogens is 1. The highest BCUT2D eigenvalue weighted by atomic mass is 79.9. The van der Waals surface area contributed by atoms with Crippen LogP contribution in [0.3, 0.4) is 0 Å². The van der Waals surface area contributed by atoms with Crippen molar-refractivity contribution < 1.29 is 4.42 Å². The number of aryl methyl sites for hydroxylation is 2. The van der Waals surface area contributed by atoms with Crippen molar-refractivity contribution in [1.29, 1.82) is 0 Å². The zero-order chi connectivity index (χ0) is 15.1. The van der Waals surface area contributed by atoms with Gasteiger partial charge in [0, 0.05) is 5.56 Å². The average molecular weight is 344 g/mol. The van der Waals surface area contributed by atoms with E-state index in [9.17, 15) is 0 Å². The minimum atomic E-state index is 0.465. The van der Waals surface area contributed by atoms with Gasteiger partial charge in [0.1, 0.15) is 5.52 Å². The smallest absolute Gasteiger partial charge is 0.227 e. The number of halogens is 1. The van der Waals surface area contributed by atoms with E-state index in [-0.39, 0.29) is 0 Å². The highest BCUT2D eigenvalue weighted by molar-refractivity contribution is 9.10. The second kappa shape index (κ2) is 5.30. The molecule has 0 saturated heterocycles. The van der Waals surface area contributed by atoms with Gasteiger partial charge in [0.05, 0.1) is 4.47 Å². The monoisotopic (exact) mass is 343 g/mol. The highest BCUT2D eigenvalue weighted by Gasteiger charge is 2.13. The third-order valence-corrected chi connectivity index (χ3v) is 4.19. The van der Waals surface area contributed by atoms with Gasteiger partial charge >= 0.3 is 0 Å². The molecule has 108 valence electrons. The molecule has 0 saturated carbocycles. The lowest BCUT2D eigenvalue weighted by atomic mass is 10.0. The quantitative estimate of drug-likeness (QED) is 0.570. The molecule has 0 N–H and O–H groups in total. The summed E-state index contributed by atoms with van der Waals surface area (Å²) >= 11 is 3.60. The molecule has 0 aliphatic rings. The zero-order valence-electron chi connectivity index (χ0n) is 12.7. The number of oxazole rings is 1. The molecule has 3 aromatic rings. The van der Waals surface area contributed by atoms with E-state index in [4.69, 9.17) is 4.42 Å². The second-order valence-corrected chi connectivity index (χ2v) is 6.76. The SMILES string of the molecule is Cc1cc(C)cc(-c2nc3cc(C(C)C)cc(Br)c3o2)c1. The lowest BCUT2D eigenvalue weighted by Gasteiger charge is -2.04. The molecule has 1 heterocycles. The summed E-state index contributed by atoms with van der Waals surface area (Å²) in [5, 5.41) is 0. The molecular formula is C18H18BrNO. The van der Waals surface area contributed by atoms with Gasteiger partial charge in [0.25, 0.3) is 0 Å². The summed E-state index contributed by atoms with van der Waals surface area (Å²) < 4.78 is 6.94. The van der Waals surface area contributed by atoms with Crippen LogP contribution in [-0.4, -0.2) is 4.98 Å². The summed E-state index contributed by atoms with van der Waals surface area (Å²) in [5.41, 5.74) is 6.44. The summed E-state index contributed by atoms with van der Waals surface area (Å²) in [7, 11) is 0. The largest absolute Gasteiger partial charge is 0.435 e. The van der Waals surface area contributed by atoms with Gasteiger partial charge in [-0.25, -0.2) is 4.98 Å². The van der Waals surface area contributed by atoms with E-state index in [2.05, 4.69) is 78.9 Å². The van der Waals surface area contributed by atoms with Crippen molar-refractivity contribution in [2.45, 2.75) is 33.6 Å². The van der Waals surface area contributed by atoms with Crippen LogP contribution in [0.25, 0.3) is 22.6 Å². The molecule has 0 aliphatic carbocycles. The molecule has 1 aromatic heterocycles. The van der Waals surface area contributed by atoms with Crippen molar-refractivity contribution in [1.82, 2.24) is 4.98 Å². The Kier molecular flexibility index (Phi) is 3.62. The average Bonchev–Trinajstić information content (AvgIpc) is 2.82. The minimum absolute atomic E-state index is 0.465. The van der Waals surface area contributed by atoms with E-state index in [1.165, 1.54) is 16.7 Å². The van der Waals surface area contributed by atoms with Gasteiger partial charge in [0.2, 0.25) is 5.89 Å². The van der Waals surface area contributed by atoms with Crippen molar-refractivity contribution in [2.75, 3.05) is 0 Å². The van der Waals surface area contributed by atoms with Crippen LogP contribution in [0.5, 0.6) is 0 Å². The molecule has 0 radical (unpaired) electrons. The Balaban J connectivity index is 2.19. The van der Waals surface area contributed by atoms with Crippen LogP contribution in [0.1, 0.15) is 36.5 Å². The molecule has 2 nitrogen and oxygen atoms in total. The topological polar surface area (TPSA) is 26.0 Å². The molecule has 0 amide bonds. The Labute approximate surface area is 133 Å². The van der Waals surface area contributed by atoms with Gasteiger partial charge in [-0.1, -0.05) is 31.0 Å². The van der Waals surface area contributed by atoms with Gasteiger partial charge in [-0.3, -0.25) is 0 Å². The molecule has 0 spiro atoms. The Morgan fingerprint density at radius 1 is 1.00 bits per heavy atom. The van der Waals surface area contributed by atoms with Crippen LogP contribution >= 0.6 is 15.9 Å². The lowest BCUT2D eigenvalue weighted by molar-refractivity contribution is 0.617. The number of nitrogens with zero attached hydrogens (tertiary/aromatic N) is 1. The second-order valence-electron chi connectivity index (χ2n) is 5.90. The van der Waals surface area contributed by atoms with Crippen LogP contribution in [0.4, 0.5) is 0 Å². The normalized spacial score (nSPS) is 11.5. The van der Waals surface area contributed by atoms with E-state index < -0.39 is 0 Å². The van der Waals surface area contributed by atoms with Crippen molar-refractivity contribution in [3.63, 3.8) is 0 Å². The summed E-state index contributed by atoms with van der Waals surface area (Å²) in [5.74, 6) is 1.14. The van der Waals surface area contributed by atoms with Crippen LogP contribution < -0.4 is 0 Å².